The maximum atomic E-state index is 12.3. The molecule has 2 amide bonds. The van der Waals surface area contributed by atoms with Crippen LogP contribution in [0.3, 0.4) is 0 Å². The predicted octanol–water partition coefficient (Wildman–Crippen LogP) is 2.07. The van der Waals surface area contributed by atoms with E-state index in [0.717, 1.165) is 0 Å². The summed E-state index contributed by atoms with van der Waals surface area (Å²) in [7, 11) is 0. The summed E-state index contributed by atoms with van der Waals surface area (Å²) in [4.78, 5) is 24.6. The number of ether oxygens (including phenoxy) is 4. The Morgan fingerprint density at radius 1 is 0.774 bits per heavy atom. The lowest BCUT2D eigenvalue weighted by atomic mass is 10.2. The van der Waals surface area contributed by atoms with Gasteiger partial charge in [-0.15, -0.1) is 0 Å². The molecule has 0 radical (unpaired) electrons. The first-order valence-corrected chi connectivity index (χ1v) is 10.4. The van der Waals surface area contributed by atoms with E-state index in [2.05, 4.69) is 10.6 Å². The van der Waals surface area contributed by atoms with Crippen LogP contribution in [0.4, 0.5) is 0 Å². The van der Waals surface area contributed by atoms with Gasteiger partial charge in [0.2, 0.25) is 0 Å². The Morgan fingerprint density at radius 3 is 1.97 bits per heavy atom. The van der Waals surface area contributed by atoms with E-state index in [1.54, 1.807) is 24.3 Å². The molecule has 0 aromatic heterocycles. The zero-order valence-corrected chi connectivity index (χ0v) is 17.1. The molecule has 2 aliphatic heterocycles. The van der Waals surface area contributed by atoms with E-state index in [1.165, 1.54) is 0 Å². The maximum Gasteiger partial charge on any atom is 0.253 e. The topological polar surface area (TPSA) is 95.1 Å². The number of nitrogens with one attached hydrogen (secondary N) is 2. The summed E-state index contributed by atoms with van der Waals surface area (Å²) >= 11 is 0. The van der Waals surface area contributed by atoms with Crippen LogP contribution in [-0.2, 0) is 18.9 Å². The van der Waals surface area contributed by atoms with Crippen LogP contribution in [0.5, 0.6) is 0 Å². The lowest BCUT2D eigenvalue weighted by Crippen LogP contribution is -2.49. The summed E-state index contributed by atoms with van der Waals surface area (Å²) < 4.78 is 23.0. The lowest BCUT2D eigenvalue weighted by Gasteiger charge is -2.35. The van der Waals surface area contributed by atoms with Crippen molar-refractivity contribution in [3.8, 4) is 0 Å². The van der Waals surface area contributed by atoms with Gasteiger partial charge in [0.15, 0.2) is 12.6 Å². The molecular weight excluding hydrogens is 400 g/mol. The summed E-state index contributed by atoms with van der Waals surface area (Å²) in [5, 5.41) is 5.78. The van der Waals surface area contributed by atoms with E-state index in [4.69, 9.17) is 18.9 Å². The number of carbonyl (C=O) groups is 2. The molecule has 0 unspecified atom stereocenters. The quantitative estimate of drug-likeness (QED) is 0.734. The molecule has 2 heterocycles. The second-order valence-electron chi connectivity index (χ2n) is 7.42. The van der Waals surface area contributed by atoms with Gasteiger partial charge in [-0.2, -0.15) is 0 Å². The monoisotopic (exact) mass is 426 g/mol. The van der Waals surface area contributed by atoms with E-state index in [-0.39, 0.29) is 17.9 Å². The van der Waals surface area contributed by atoms with Gasteiger partial charge in [0, 0.05) is 24.0 Å². The first-order valence-electron chi connectivity index (χ1n) is 10.4. The zero-order valence-electron chi connectivity index (χ0n) is 17.1. The maximum absolute atomic E-state index is 12.3. The van der Waals surface area contributed by atoms with Gasteiger partial charge in [-0.05, 0) is 24.3 Å². The molecule has 2 N–H and O–H groups in total. The summed E-state index contributed by atoms with van der Waals surface area (Å²) in [6, 6.07) is 17.8. The summed E-state index contributed by atoms with van der Waals surface area (Å²) in [5.74, 6) is -0.347. The first-order chi connectivity index (χ1) is 15.2. The third-order valence-corrected chi connectivity index (χ3v) is 5.05. The van der Waals surface area contributed by atoms with Gasteiger partial charge in [0.1, 0.15) is 6.23 Å². The van der Waals surface area contributed by atoms with Crippen LogP contribution in [0.25, 0.3) is 0 Å². The fraction of sp³-hybridized carbons (Fsp3) is 0.391. The lowest BCUT2D eigenvalue weighted by molar-refractivity contribution is -0.265. The Balaban J connectivity index is 1.19. The molecule has 2 aromatic rings. The van der Waals surface area contributed by atoms with Crippen LogP contribution in [0.2, 0.25) is 0 Å². The van der Waals surface area contributed by atoms with Crippen LogP contribution < -0.4 is 10.6 Å². The Bertz CT molecular complexity index is 855. The highest BCUT2D eigenvalue weighted by molar-refractivity contribution is 5.94. The summed E-state index contributed by atoms with van der Waals surface area (Å²) in [6.45, 7) is 1.14. The van der Waals surface area contributed by atoms with E-state index in [9.17, 15) is 9.59 Å². The highest BCUT2D eigenvalue weighted by atomic mass is 16.7. The van der Waals surface area contributed by atoms with Crippen LogP contribution in [0, 0.1) is 0 Å². The molecule has 2 fully saturated rings. The average Bonchev–Trinajstić information content (AvgIpc) is 2.82. The van der Waals surface area contributed by atoms with E-state index >= 15 is 0 Å². The van der Waals surface area contributed by atoms with E-state index in [0.29, 0.717) is 43.8 Å². The van der Waals surface area contributed by atoms with Crippen molar-refractivity contribution < 1.29 is 28.5 Å². The minimum atomic E-state index is -0.546. The third-order valence-electron chi connectivity index (χ3n) is 5.05. The molecule has 2 aromatic carbocycles. The minimum absolute atomic E-state index is 0.160. The van der Waals surface area contributed by atoms with Gasteiger partial charge in [0.25, 0.3) is 11.8 Å². The number of benzene rings is 2. The van der Waals surface area contributed by atoms with Gasteiger partial charge in [-0.25, -0.2) is 0 Å². The van der Waals surface area contributed by atoms with Gasteiger partial charge >= 0.3 is 0 Å². The first kappa shape index (κ1) is 21.5. The van der Waals surface area contributed by atoms with Crippen molar-refractivity contribution in [3.05, 3.63) is 71.8 Å². The molecule has 31 heavy (non-hydrogen) atoms. The van der Waals surface area contributed by atoms with Crippen molar-refractivity contribution in [3.63, 3.8) is 0 Å². The molecule has 0 saturated carbocycles. The second-order valence-corrected chi connectivity index (χ2v) is 7.42. The van der Waals surface area contributed by atoms with Crippen molar-refractivity contribution in [1.82, 2.24) is 10.6 Å². The minimum Gasteiger partial charge on any atom is -0.352 e. The van der Waals surface area contributed by atoms with Crippen molar-refractivity contribution >= 4 is 11.8 Å². The van der Waals surface area contributed by atoms with Crippen LogP contribution >= 0.6 is 0 Å². The molecule has 164 valence electrons. The number of carbonyl (C=O) groups excluding carboxylic acids is 2. The Labute approximate surface area is 180 Å². The highest BCUT2D eigenvalue weighted by Crippen LogP contribution is 2.19. The summed E-state index contributed by atoms with van der Waals surface area (Å²) in [6.07, 6.45) is -0.548. The van der Waals surface area contributed by atoms with Gasteiger partial charge in [-0.1, -0.05) is 36.4 Å². The SMILES string of the molecule is O=C(NC1COC(C[C@@H]2OCC[C@H](NC(=O)c3ccccc3)O2)OC1)c1ccccc1. The molecule has 2 atom stereocenters. The normalized spacial score (nSPS) is 26.1. The fourth-order valence-corrected chi connectivity index (χ4v) is 3.42. The summed E-state index contributed by atoms with van der Waals surface area (Å²) in [5.41, 5.74) is 1.17. The van der Waals surface area contributed by atoms with Crippen LogP contribution in [0.15, 0.2) is 60.7 Å². The molecule has 2 aliphatic rings. The molecule has 2 saturated heterocycles. The molecule has 4 rings (SSSR count). The number of hydrogen-bond donors (Lipinski definition) is 2. The zero-order chi connectivity index (χ0) is 21.5. The Kier molecular flexibility index (Phi) is 7.26. The number of rotatable bonds is 6. The molecule has 0 bridgehead atoms. The molecule has 0 aliphatic carbocycles. The molecule has 8 heteroatoms. The number of amides is 2. The van der Waals surface area contributed by atoms with Crippen molar-refractivity contribution in [2.24, 2.45) is 0 Å². The third kappa shape index (κ3) is 6.11. The molecule has 0 spiro atoms. The Hall–Kier alpha value is -2.78. The predicted molar refractivity (Wildman–Crippen MR) is 111 cm³/mol. The van der Waals surface area contributed by atoms with Gasteiger partial charge < -0.3 is 29.6 Å². The van der Waals surface area contributed by atoms with Gasteiger partial charge in [-0.3, -0.25) is 9.59 Å². The second kappa shape index (κ2) is 10.5. The largest absolute Gasteiger partial charge is 0.352 e. The molecular formula is C23H26N2O6. The van der Waals surface area contributed by atoms with E-state index in [1.807, 2.05) is 36.4 Å². The average molecular weight is 426 g/mol. The van der Waals surface area contributed by atoms with Gasteiger partial charge in [0.05, 0.1) is 25.9 Å². The van der Waals surface area contributed by atoms with Crippen molar-refractivity contribution in [2.75, 3.05) is 19.8 Å². The highest BCUT2D eigenvalue weighted by Gasteiger charge is 2.31. The van der Waals surface area contributed by atoms with Crippen molar-refractivity contribution in [1.29, 1.82) is 0 Å². The Morgan fingerprint density at radius 2 is 1.35 bits per heavy atom. The smallest absolute Gasteiger partial charge is 0.253 e. The number of hydrogen-bond acceptors (Lipinski definition) is 6. The standard InChI is InChI=1S/C23H26N2O6/c26-22(16-7-3-1-4-8-16)24-18-14-29-20(30-15-18)13-21-28-12-11-19(31-21)25-23(27)17-9-5-2-6-10-17/h1-10,18-21H,11-15H2,(H,24,26)(H,25,27)/t18?,19-,20?,21-/m1/s1. The van der Waals surface area contributed by atoms with Crippen LogP contribution in [0.1, 0.15) is 33.6 Å². The van der Waals surface area contributed by atoms with E-state index < -0.39 is 18.8 Å². The van der Waals surface area contributed by atoms with Crippen molar-refractivity contribution in [2.45, 2.75) is 37.7 Å². The fourth-order valence-electron chi connectivity index (χ4n) is 3.42. The molecule has 8 nitrogen and oxygen atoms in total. The van der Waals surface area contributed by atoms with Crippen LogP contribution in [-0.4, -0.2) is 56.5 Å².